The Balaban J connectivity index is 1.90. The number of rotatable bonds is 3. The zero-order valence-corrected chi connectivity index (χ0v) is 11.8. The van der Waals surface area contributed by atoms with Crippen LogP contribution in [-0.2, 0) is 4.79 Å². The van der Waals surface area contributed by atoms with Gasteiger partial charge in [-0.25, -0.2) is 9.18 Å². The van der Waals surface area contributed by atoms with Crippen LogP contribution in [-0.4, -0.2) is 45.2 Å². The number of amides is 1. The molecule has 6 heteroatoms. The lowest BCUT2D eigenvalue weighted by Gasteiger charge is -2.19. The van der Waals surface area contributed by atoms with Crippen LogP contribution in [0.5, 0.6) is 0 Å². The van der Waals surface area contributed by atoms with Gasteiger partial charge < -0.3 is 14.6 Å². The second-order valence-electron chi connectivity index (χ2n) is 5.35. The fourth-order valence-corrected chi connectivity index (χ4v) is 2.67. The number of hydrogen-bond acceptors (Lipinski definition) is 2. The Hall–Kier alpha value is -2.63. The summed E-state index contributed by atoms with van der Waals surface area (Å²) in [5, 5.41) is 8.93. The summed E-state index contributed by atoms with van der Waals surface area (Å²) in [5.74, 6) is -1.87. The van der Waals surface area contributed by atoms with E-state index in [1.165, 1.54) is 4.90 Å². The molecule has 1 amide bonds. The number of carbonyl (C=O) groups is 2. The molecule has 0 radical (unpaired) electrons. The Morgan fingerprint density at radius 1 is 1.14 bits per heavy atom. The average molecular weight is 302 g/mol. The Kier molecular flexibility index (Phi) is 3.44. The largest absolute Gasteiger partial charge is 0.479 e. The molecule has 114 valence electrons. The van der Waals surface area contributed by atoms with Gasteiger partial charge in [-0.05, 0) is 24.3 Å². The molecule has 1 fully saturated rings. The molecular weight excluding hydrogens is 287 g/mol. The Morgan fingerprint density at radius 3 is 2.45 bits per heavy atom. The fourth-order valence-electron chi connectivity index (χ4n) is 2.67. The molecule has 2 heterocycles. The first kappa shape index (κ1) is 14.3. The van der Waals surface area contributed by atoms with Crippen molar-refractivity contribution in [1.29, 1.82) is 0 Å². The average Bonchev–Trinajstić information content (AvgIpc) is 3.17. The molecule has 0 saturated carbocycles. The third kappa shape index (κ3) is 2.36. The van der Waals surface area contributed by atoms with Gasteiger partial charge in [0.2, 0.25) is 5.67 Å². The highest BCUT2D eigenvalue weighted by molar-refractivity contribution is 5.98. The van der Waals surface area contributed by atoms with Crippen LogP contribution in [0.4, 0.5) is 4.39 Å². The van der Waals surface area contributed by atoms with Gasteiger partial charge in [-0.1, -0.05) is 12.1 Å². The highest BCUT2D eigenvalue weighted by Gasteiger charge is 2.47. The first-order chi connectivity index (χ1) is 10.5. The second kappa shape index (κ2) is 5.29. The molecule has 1 aliphatic heterocycles. The highest BCUT2D eigenvalue weighted by Crippen LogP contribution is 2.28. The van der Waals surface area contributed by atoms with Gasteiger partial charge in [-0.15, -0.1) is 0 Å². The quantitative estimate of drug-likeness (QED) is 0.944. The van der Waals surface area contributed by atoms with Crippen molar-refractivity contribution in [2.75, 3.05) is 13.1 Å². The maximum Gasteiger partial charge on any atom is 0.343 e. The van der Waals surface area contributed by atoms with Crippen LogP contribution < -0.4 is 0 Å². The van der Waals surface area contributed by atoms with Crippen molar-refractivity contribution in [1.82, 2.24) is 9.47 Å². The van der Waals surface area contributed by atoms with Crippen molar-refractivity contribution in [3.63, 3.8) is 0 Å². The summed E-state index contributed by atoms with van der Waals surface area (Å²) >= 11 is 0. The molecule has 1 aromatic heterocycles. The standard InChI is InChI=1S/C16H15FN2O3/c17-16(15(21)22)7-10-19(11-16)14(20)12-5-1-2-6-13(12)18-8-3-4-9-18/h1-6,8-9H,7,10-11H2,(H,21,22). The minimum Gasteiger partial charge on any atom is -0.479 e. The van der Waals surface area contributed by atoms with Crippen LogP contribution in [0.3, 0.4) is 0 Å². The molecule has 1 aromatic carbocycles. The molecule has 22 heavy (non-hydrogen) atoms. The van der Waals surface area contributed by atoms with E-state index in [0.29, 0.717) is 11.3 Å². The number of alkyl halides is 1. The van der Waals surface area contributed by atoms with Crippen LogP contribution in [0, 0.1) is 0 Å². The summed E-state index contributed by atoms with van der Waals surface area (Å²) in [6.07, 6.45) is 3.44. The van der Waals surface area contributed by atoms with E-state index in [4.69, 9.17) is 5.11 Å². The van der Waals surface area contributed by atoms with E-state index < -0.39 is 18.2 Å². The topological polar surface area (TPSA) is 62.5 Å². The number of halogens is 1. The number of benzene rings is 1. The van der Waals surface area contributed by atoms with Gasteiger partial charge in [0.05, 0.1) is 17.8 Å². The summed E-state index contributed by atoms with van der Waals surface area (Å²) < 4.78 is 15.9. The minimum absolute atomic E-state index is 0.0989. The molecular formula is C16H15FN2O3. The monoisotopic (exact) mass is 302 g/mol. The van der Waals surface area contributed by atoms with E-state index in [2.05, 4.69) is 0 Å². The zero-order valence-electron chi connectivity index (χ0n) is 11.8. The zero-order chi connectivity index (χ0) is 15.7. The predicted molar refractivity (Wildman–Crippen MR) is 77.8 cm³/mol. The number of aromatic nitrogens is 1. The van der Waals surface area contributed by atoms with Crippen molar-refractivity contribution >= 4 is 11.9 Å². The van der Waals surface area contributed by atoms with E-state index >= 15 is 0 Å². The van der Waals surface area contributed by atoms with Gasteiger partial charge >= 0.3 is 5.97 Å². The van der Waals surface area contributed by atoms with Gasteiger partial charge in [0.1, 0.15) is 0 Å². The van der Waals surface area contributed by atoms with E-state index in [-0.39, 0.29) is 18.9 Å². The number of aliphatic carboxylic acids is 1. The van der Waals surface area contributed by atoms with Gasteiger partial charge in [-0.3, -0.25) is 4.79 Å². The molecule has 5 nitrogen and oxygen atoms in total. The predicted octanol–water partition coefficient (Wildman–Crippen LogP) is 2.12. The lowest BCUT2D eigenvalue weighted by atomic mass is 10.1. The summed E-state index contributed by atoms with van der Waals surface area (Å²) in [5.41, 5.74) is -1.24. The van der Waals surface area contributed by atoms with Crippen molar-refractivity contribution in [2.45, 2.75) is 12.1 Å². The van der Waals surface area contributed by atoms with Gasteiger partial charge in [0.25, 0.3) is 5.91 Å². The van der Waals surface area contributed by atoms with Crippen LogP contribution in [0.1, 0.15) is 16.8 Å². The first-order valence-corrected chi connectivity index (χ1v) is 6.95. The van der Waals surface area contributed by atoms with Gasteiger partial charge in [-0.2, -0.15) is 0 Å². The lowest BCUT2D eigenvalue weighted by Crippen LogP contribution is -2.39. The van der Waals surface area contributed by atoms with E-state index in [9.17, 15) is 14.0 Å². The normalized spacial score (nSPS) is 21.0. The Bertz CT molecular complexity index is 714. The van der Waals surface area contributed by atoms with Crippen molar-refractivity contribution in [2.24, 2.45) is 0 Å². The molecule has 1 atom stereocenters. The molecule has 1 aliphatic rings. The van der Waals surface area contributed by atoms with E-state index in [1.54, 1.807) is 22.8 Å². The fraction of sp³-hybridized carbons (Fsp3) is 0.250. The molecule has 1 unspecified atom stereocenters. The third-order valence-electron chi connectivity index (χ3n) is 3.91. The number of likely N-dealkylation sites (tertiary alicyclic amines) is 1. The summed E-state index contributed by atoms with van der Waals surface area (Å²) in [6.45, 7) is -0.317. The second-order valence-corrected chi connectivity index (χ2v) is 5.35. The van der Waals surface area contributed by atoms with E-state index in [0.717, 1.165) is 0 Å². The van der Waals surface area contributed by atoms with Crippen LogP contribution in [0.2, 0.25) is 0 Å². The van der Waals surface area contributed by atoms with Crippen molar-refractivity contribution in [3.8, 4) is 5.69 Å². The third-order valence-corrected chi connectivity index (χ3v) is 3.91. The van der Waals surface area contributed by atoms with Crippen LogP contribution >= 0.6 is 0 Å². The van der Waals surface area contributed by atoms with Gasteiger partial charge in [0.15, 0.2) is 0 Å². The number of carboxylic acid groups (broad SMARTS) is 1. The van der Waals surface area contributed by atoms with Crippen LogP contribution in [0.25, 0.3) is 5.69 Å². The molecule has 1 N–H and O–H groups in total. The van der Waals surface area contributed by atoms with Crippen molar-refractivity contribution < 1.29 is 19.1 Å². The molecule has 2 aromatic rings. The number of carboxylic acids is 1. The molecule has 0 spiro atoms. The van der Waals surface area contributed by atoms with Crippen molar-refractivity contribution in [3.05, 3.63) is 54.4 Å². The lowest BCUT2D eigenvalue weighted by molar-refractivity contribution is -0.149. The Morgan fingerprint density at radius 2 is 1.82 bits per heavy atom. The molecule has 1 saturated heterocycles. The molecule has 0 aliphatic carbocycles. The maximum absolute atomic E-state index is 14.1. The molecule has 3 rings (SSSR count). The summed E-state index contributed by atoms with van der Waals surface area (Å²) in [6, 6.07) is 10.7. The number of hydrogen-bond donors (Lipinski definition) is 1. The minimum atomic E-state index is -2.35. The number of carbonyl (C=O) groups excluding carboxylic acids is 1. The summed E-state index contributed by atoms with van der Waals surface area (Å²) in [7, 11) is 0. The summed E-state index contributed by atoms with van der Waals surface area (Å²) in [4.78, 5) is 24.9. The Labute approximate surface area is 126 Å². The maximum atomic E-state index is 14.1. The SMILES string of the molecule is O=C(c1ccccc1-n1cccc1)N1CCC(F)(C(=O)O)C1. The number of para-hydroxylation sites is 1. The highest BCUT2D eigenvalue weighted by atomic mass is 19.1. The smallest absolute Gasteiger partial charge is 0.343 e. The first-order valence-electron chi connectivity index (χ1n) is 6.95. The molecule has 0 bridgehead atoms. The van der Waals surface area contributed by atoms with Crippen LogP contribution in [0.15, 0.2) is 48.8 Å². The number of nitrogens with zero attached hydrogens (tertiary/aromatic N) is 2. The van der Waals surface area contributed by atoms with E-state index in [1.807, 2.05) is 30.6 Å². The van der Waals surface area contributed by atoms with Gasteiger partial charge in [0, 0.05) is 25.4 Å².